The van der Waals surface area contributed by atoms with Crippen LogP contribution < -0.4 is 0 Å². The molecule has 0 amide bonds. The van der Waals surface area contributed by atoms with Gasteiger partial charge < -0.3 is 9.84 Å². The Morgan fingerprint density at radius 1 is 1.16 bits per heavy atom. The van der Waals surface area contributed by atoms with Crippen LogP contribution in [0, 0.1) is 17.3 Å². The van der Waals surface area contributed by atoms with Crippen LogP contribution in [0.5, 0.6) is 0 Å². The zero-order valence-corrected chi connectivity index (χ0v) is 13.0. The quantitative estimate of drug-likeness (QED) is 0.829. The van der Waals surface area contributed by atoms with Gasteiger partial charge in [0, 0.05) is 0 Å². The van der Waals surface area contributed by atoms with E-state index in [-0.39, 0.29) is 6.10 Å². The van der Waals surface area contributed by atoms with Crippen molar-refractivity contribution in [2.24, 2.45) is 17.3 Å². The number of hydrogen-bond acceptors (Lipinski definition) is 2. The van der Waals surface area contributed by atoms with Gasteiger partial charge in [0.25, 0.3) is 0 Å². The minimum atomic E-state index is -0.236. The molecular weight excluding hydrogens is 236 g/mol. The molecule has 0 saturated heterocycles. The Kier molecular flexibility index (Phi) is 5.30. The van der Waals surface area contributed by atoms with E-state index in [1.807, 2.05) is 0 Å². The van der Waals surface area contributed by atoms with Crippen molar-refractivity contribution in [2.45, 2.75) is 84.3 Å². The van der Waals surface area contributed by atoms with Gasteiger partial charge in [0.05, 0.1) is 18.8 Å². The number of ether oxygens (including phenoxy) is 1. The van der Waals surface area contributed by atoms with Crippen molar-refractivity contribution < 1.29 is 9.84 Å². The Balaban J connectivity index is 1.74. The Bertz CT molecular complexity index is 268. The largest absolute Gasteiger partial charge is 0.390 e. The van der Waals surface area contributed by atoms with Gasteiger partial charge in [-0.1, -0.05) is 40.0 Å². The zero-order valence-electron chi connectivity index (χ0n) is 13.0. The Hall–Kier alpha value is -0.0800. The molecule has 2 nitrogen and oxygen atoms in total. The molecule has 0 radical (unpaired) electrons. The Morgan fingerprint density at radius 3 is 2.47 bits per heavy atom. The number of aliphatic hydroxyl groups excluding tert-OH is 1. The maximum atomic E-state index is 10.3. The van der Waals surface area contributed by atoms with Gasteiger partial charge in [-0.3, -0.25) is 0 Å². The molecule has 0 spiro atoms. The van der Waals surface area contributed by atoms with Gasteiger partial charge in [0.1, 0.15) is 0 Å². The number of hydrogen-bond donors (Lipinski definition) is 1. The second-order valence-electron chi connectivity index (χ2n) is 7.83. The third-order valence-corrected chi connectivity index (χ3v) is 5.04. The fraction of sp³-hybridized carbons (Fsp3) is 1.00. The summed E-state index contributed by atoms with van der Waals surface area (Å²) in [5, 5.41) is 10.3. The SMILES string of the molecule is CC1CC(OCC(O)C2CCCCC2)CC(C)(C)C1. The molecule has 3 atom stereocenters. The molecule has 1 N–H and O–H groups in total. The summed E-state index contributed by atoms with van der Waals surface area (Å²) in [7, 11) is 0. The highest BCUT2D eigenvalue weighted by Crippen LogP contribution is 2.39. The summed E-state index contributed by atoms with van der Waals surface area (Å²) in [5.74, 6) is 1.24. The predicted octanol–water partition coefficient (Wildman–Crippen LogP) is 4.16. The summed E-state index contributed by atoms with van der Waals surface area (Å²) in [6, 6.07) is 0. The fourth-order valence-corrected chi connectivity index (χ4v) is 4.28. The summed E-state index contributed by atoms with van der Waals surface area (Å²) in [5.41, 5.74) is 0.401. The molecule has 112 valence electrons. The molecule has 2 aliphatic carbocycles. The van der Waals surface area contributed by atoms with E-state index in [2.05, 4.69) is 20.8 Å². The monoisotopic (exact) mass is 268 g/mol. The van der Waals surface area contributed by atoms with Crippen LogP contribution >= 0.6 is 0 Å². The Labute approximate surface area is 118 Å². The van der Waals surface area contributed by atoms with E-state index < -0.39 is 0 Å². The molecule has 0 aliphatic heterocycles. The van der Waals surface area contributed by atoms with Crippen molar-refractivity contribution in [3.05, 3.63) is 0 Å². The zero-order chi connectivity index (χ0) is 13.9. The van der Waals surface area contributed by atoms with Crippen LogP contribution in [0.25, 0.3) is 0 Å². The third-order valence-electron chi connectivity index (χ3n) is 5.04. The second-order valence-corrected chi connectivity index (χ2v) is 7.83. The molecule has 2 saturated carbocycles. The van der Waals surface area contributed by atoms with E-state index in [0.717, 1.165) is 12.3 Å². The predicted molar refractivity (Wildman–Crippen MR) is 79.1 cm³/mol. The lowest BCUT2D eigenvalue weighted by Gasteiger charge is -2.39. The van der Waals surface area contributed by atoms with Gasteiger partial charge in [-0.05, 0) is 49.4 Å². The second kappa shape index (κ2) is 6.58. The summed E-state index contributed by atoms with van der Waals surface area (Å²) in [4.78, 5) is 0. The minimum absolute atomic E-state index is 0.236. The van der Waals surface area contributed by atoms with Crippen molar-refractivity contribution in [1.82, 2.24) is 0 Å². The van der Waals surface area contributed by atoms with Gasteiger partial charge in [0.2, 0.25) is 0 Å². The summed E-state index contributed by atoms with van der Waals surface area (Å²) in [6.07, 6.45) is 10.0. The molecule has 0 aromatic heterocycles. The highest BCUT2D eigenvalue weighted by atomic mass is 16.5. The Morgan fingerprint density at radius 2 is 1.84 bits per heavy atom. The molecule has 3 unspecified atom stereocenters. The lowest BCUT2D eigenvalue weighted by molar-refractivity contribution is -0.0718. The summed E-state index contributed by atoms with van der Waals surface area (Å²) < 4.78 is 6.05. The van der Waals surface area contributed by atoms with Crippen molar-refractivity contribution in [3.8, 4) is 0 Å². The number of aliphatic hydroxyl groups is 1. The third kappa shape index (κ3) is 4.75. The van der Waals surface area contributed by atoms with Crippen LogP contribution in [0.4, 0.5) is 0 Å². The number of rotatable bonds is 4. The van der Waals surface area contributed by atoms with Gasteiger partial charge in [-0.15, -0.1) is 0 Å². The first kappa shape index (κ1) is 15.3. The van der Waals surface area contributed by atoms with E-state index in [1.165, 1.54) is 44.9 Å². The maximum Gasteiger partial charge on any atom is 0.0801 e. The molecule has 2 rings (SSSR count). The highest BCUT2D eigenvalue weighted by molar-refractivity contribution is 4.84. The van der Waals surface area contributed by atoms with Crippen LogP contribution in [0.15, 0.2) is 0 Å². The van der Waals surface area contributed by atoms with E-state index in [9.17, 15) is 5.11 Å². The van der Waals surface area contributed by atoms with Gasteiger partial charge >= 0.3 is 0 Å². The van der Waals surface area contributed by atoms with Crippen molar-refractivity contribution in [3.63, 3.8) is 0 Å². The molecule has 2 fully saturated rings. The maximum absolute atomic E-state index is 10.3. The van der Waals surface area contributed by atoms with Crippen LogP contribution in [-0.2, 0) is 4.74 Å². The highest BCUT2D eigenvalue weighted by Gasteiger charge is 2.33. The first-order valence-electron chi connectivity index (χ1n) is 8.26. The lowest BCUT2D eigenvalue weighted by Crippen LogP contribution is -2.36. The van der Waals surface area contributed by atoms with Crippen LogP contribution in [0.1, 0.15) is 72.1 Å². The van der Waals surface area contributed by atoms with Gasteiger partial charge in [0.15, 0.2) is 0 Å². The van der Waals surface area contributed by atoms with Crippen molar-refractivity contribution >= 4 is 0 Å². The molecule has 0 aromatic rings. The van der Waals surface area contributed by atoms with E-state index in [0.29, 0.717) is 24.0 Å². The van der Waals surface area contributed by atoms with Gasteiger partial charge in [-0.25, -0.2) is 0 Å². The van der Waals surface area contributed by atoms with Crippen LogP contribution in [0.2, 0.25) is 0 Å². The van der Waals surface area contributed by atoms with E-state index >= 15 is 0 Å². The van der Waals surface area contributed by atoms with Crippen LogP contribution in [0.3, 0.4) is 0 Å². The molecule has 19 heavy (non-hydrogen) atoms. The average Bonchev–Trinajstić information content (AvgIpc) is 2.34. The first-order valence-corrected chi connectivity index (χ1v) is 8.26. The van der Waals surface area contributed by atoms with E-state index in [1.54, 1.807) is 0 Å². The van der Waals surface area contributed by atoms with Gasteiger partial charge in [-0.2, -0.15) is 0 Å². The standard InChI is InChI=1S/C17H32O2/c1-13-9-15(11-17(2,3)10-13)19-12-16(18)14-7-5-4-6-8-14/h13-16,18H,4-12H2,1-3H3. The summed E-state index contributed by atoms with van der Waals surface area (Å²) in [6.45, 7) is 7.57. The molecule has 2 aliphatic rings. The van der Waals surface area contributed by atoms with Crippen molar-refractivity contribution in [2.75, 3.05) is 6.61 Å². The molecule has 2 heteroatoms. The van der Waals surface area contributed by atoms with E-state index in [4.69, 9.17) is 4.74 Å². The normalized spacial score (nSPS) is 34.1. The average molecular weight is 268 g/mol. The molecule has 0 bridgehead atoms. The minimum Gasteiger partial charge on any atom is -0.390 e. The summed E-state index contributed by atoms with van der Waals surface area (Å²) >= 11 is 0. The first-order chi connectivity index (χ1) is 8.96. The molecule has 0 heterocycles. The topological polar surface area (TPSA) is 29.5 Å². The van der Waals surface area contributed by atoms with Crippen LogP contribution in [-0.4, -0.2) is 23.9 Å². The molecule has 0 aromatic carbocycles. The fourth-order valence-electron chi connectivity index (χ4n) is 4.28. The lowest BCUT2D eigenvalue weighted by atomic mass is 9.71. The molecular formula is C17H32O2. The van der Waals surface area contributed by atoms with Crippen molar-refractivity contribution in [1.29, 1.82) is 0 Å². The smallest absolute Gasteiger partial charge is 0.0801 e.